The molecule has 2 atom stereocenters. The standard InChI is InChI=1S/C25H22ClF5N4O4S/c1-11-8-34(4-3-32-11)24(37)39-22-14-5-15(25(29,30)31)19(13-6-16(26)18(28)7-17(13)27)21-20(14)35(23(36)33-22)9-12(38-2)10-40-21/h5-7,11-12,32H,3-4,8-10H2,1-2H3/t11?,12-/m0/s1. The molecule has 0 bridgehead atoms. The number of halogens is 6. The molecule has 3 heterocycles. The van der Waals surface area contributed by atoms with E-state index in [1.807, 2.05) is 6.92 Å². The van der Waals surface area contributed by atoms with Gasteiger partial charge in [0.05, 0.1) is 34.1 Å². The summed E-state index contributed by atoms with van der Waals surface area (Å²) < 4.78 is 84.7. The van der Waals surface area contributed by atoms with Crippen LogP contribution in [0.15, 0.2) is 27.9 Å². The van der Waals surface area contributed by atoms with Crippen molar-refractivity contribution in [3.63, 3.8) is 0 Å². The van der Waals surface area contributed by atoms with Crippen molar-refractivity contribution in [2.75, 3.05) is 32.5 Å². The molecule has 2 aliphatic heterocycles. The number of methoxy groups -OCH3 is 1. The van der Waals surface area contributed by atoms with Crippen LogP contribution in [0.4, 0.5) is 26.7 Å². The van der Waals surface area contributed by atoms with E-state index < -0.39 is 63.3 Å². The smallest absolute Gasteiger partial charge is 0.390 e. The molecule has 214 valence electrons. The number of benzene rings is 2. The summed E-state index contributed by atoms with van der Waals surface area (Å²) in [5.74, 6) is -2.95. The number of ether oxygens (including phenoxy) is 2. The summed E-state index contributed by atoms with van der Waals surface area (Å²) in [4.78, 5) is 31.2. The van der Waals surface area contributed by atoms with Crippen molar-refractivity contribution < 1.29 is 36.2 Å². The van der Waals surface area contributed by atoms with E-state index in [1.165, 1.54) is 12.0 Å². The van der Waals surface area contributed by atoms with Gasteiger partial charge in [0.1, 0.15) is 11.6 Å². The first-order valence-corrected chi connectivity index (χ1v) is 13.4. The van der Waals surface area contributed by atoms with E-state index in [0.29, 0.717) is 18.7 Å². The molecule has 1 unspecified atom stereocenters. The summed E-state index contributed by atoms with van der Waals surface area (Å²) in [6.45, 7) is 2.78. The fourth-order valence-electron chi connectivity index (χ4n) is 4.80. The van der Waals surface area contributed by atoms with E-state index >= 15 is 4.39 Å². The molecule has 2 aromatic carbocycles. The van der Waals surface area contributed by atoms with Crippen LogP contribution in [0.2, 0.25) is 5.02 Å². The van der Waals surface area contributed by atoms with E-state index in [1.54, 1.807) is 0 Å². The molecule has 1 saturated heterocycles. The molecule has 5 rings (SSSR count). The van der Waals surface area contributed by atoms with Crippen molar-refractivity contribution in [3.8, 4) is 17.0 Å². The van der Waals surface area contributed by atoms with Crippen molar-refractivity contribution in [1.82, 2.24) is 19.8 Å². The monoisotopic (exact) mass is 604 g/mol. The van der Waals surface area contributed by atoms with E-state index in [-0.39, 0.29) is 47.2 Å². The van der Waals surface area contributed by atoms with Gasteiger partial charge in [0.15, 0.2) is 0 Å². The molecule has 0 saturated carbocycles. The van der Waals surface area contributed by atoms with Crippen LogP contribution in [0.5, 0.6) is 5.88 Å². The maximum Gasteiger partial charge on any atom is 0.417 e. The number of hydrogen-bond acceptors (Lipinski definition) is 7. The van der Waals surface area contributed by atoms with Gasteiger partial charge in [-0.2, -0.15) is 18.2 Å². The predicted octanol–water partition coefficient (Wildman–Crippen LogP) is 4.93. The average Bonchev–Trinajstić information content (AvgIpc) is 3.09. The number of hydrogen-bond donors (Lipinski definition) is 1. The molecule has 3 aromatic rings. The summed E-state index contributed by atoms with van der Waals surface area (Å²) in [5, 5.41) is 2.29. The van der Waals surface area contributed by atoms with Gasteiger partial charge in [-0.15, -0.1) is 11.8 Å². The Morgan fingerprint density at radius 1 is 1.20 bits per heavy atom. The Morgan fingerprint density at radius 3 is 2.62 bits per heavy atom. The van der Waals surface area contributed by atoms with Gasteiger partial charge in [0.25, 0.3) is 0 Å². The molecule has 40 heavy (non-hydrogen) atoms. The van der Waals surface area contributed by atoms with Crippen molar-refractivity contribution in [2.45, 2.75) is 36.7 Å². The number of aromatic nitrogens is 2. The van der Waals surface area contributed by atoms with Gasteiger partial charge in [0.2, 0.25) is 5.88 Å². The summed E-state index contributed by atoms with van der Waals surface area (Å²) in [5.41, 5.74) is -3.50. The number of piperazine rings is 1. The van der Waals surface area contributed by atoms with E-state index in [0.717, 1.165) is 22.4 Å². The molecule has 1 amide bonds. The van der Waals surface area contributed by atoms with Crippen LogP contribution in [-0.2, 0) is 17.5 Å². The van der Waals surface area contributed by atoms with Crippen LogP contribution >= 0.6 is 23.4 Å². The lowest BCUT2D eigenvalue weighted by atomic mass is 9.96. The Labute approximate surface area is 233 Å². The molecule has 15 heteroatoms. The van der Waals surface area contributed by atoms with Gasteiger partial charge in [-0.25, -0.2) is 18.4 Å². The Balaban J connectivity index is 1.81. The number of rotatable bonds is 3. The highest BCUT2D eigenvalue weighted by molar-refractivity contribution is 7.99. The van der Waals surface area contributed by atoms with Crippen molar-refractivity contribution >= 4 is 40.4 Å². The van der Waals surface area contributed by atoms with Crippen LogP contribution in [0.3, 0.4) is 0 Å². The van der Waals surface area contributed by atoms with E-state index in [4.69, 9.17) is 21.1 Å². The zero-order valence-corrected chi connectivity index (χ0v) is 22.6. The second-order valence-electron chi connectivity index (χ2n) is 9.42. The molecular formula is C25H22ClF5N4O4S. The molecular weight excluding hydrogens is 583 g/mol. The third kappa shape index (κ3) is 5.24. The molecule has 1 aromatic heterocycles. The molecule has 8 nitrogen and oxygen atoms in total. The highest BCUT2D eigenvalue weighted by Gasteiger charge is 2.39. The minimum atomic E-state index is -5.04. The second kappa shape index (κ2) is 10.8. The zero-order valence-electron chi connectivity index (χ0n) is 21.1. The van der Waals surface area contributed by atoms with Gasteiger partial charge in [-0.1, -0.05) is 11.6 Å². The van der Waals surface area contributed by atoms with Crippen LogP contribution in [0.25, 0.3) is 22.0 Å². The Hall–Kier alpha value is -2.94. The third-order valence-corrected chi connectivity index (χ3v) is 8.23. The lowest BCUT2D eigenvalue weighted by Gasteiger charge is -2.31. The maximum absolute atomic E-state index is 15.1. The highest BCUT2D eigenvalue weighted by Crippen LogP contribution is 2.49. The first kappa shape index (κ1) is 28.6. The van der Waals surface area contributed by atoms with Crippen LogP contribution in [-0.4, -0.2) is 65.2 Å². The van der Waals surface area contributed by atoms with Crippen LogP contribution < -0.4 is 15.7 Å². The van der Waals surface area contributed by atoms with Gasteiger partial charge in [-0.3, -0.25) is 4.57 Å². The summed E-state index contributed by atoms with van der Waals surface area (Å²) in [6, 6.07) is 1.77. The Kier molecular flexibility index (Phi) is 7.72. The first-order valence-electron chi connectivity index (χ1n) is 12.1. The number of carbonyl (C=O) groups excluding carboxylic acids is 1. The molecule has 1 fully saturated rings. The normalized spacial score (nSPS) is 19.6. The van der Waals surface area contributed by atoms with Crippen LogP contribution in [0, 0.1) is 11.6 Å². The molecule has 0 aliphatic carbocycles. The van der Waals surface area contributed by atoms with E-state index in [2.05, 4.69) is 10.3 Å². The summed E-state index contributed by atoms with van der Waals surface area (Å²) in [6.07, 6.45) is -6.55. The fraction of sp³-hybridized carbons (Fsp3) is 0.400. The molecule has 2 aliphatic rings. The SMILES string of the molecule is CO[C@@H]1CSc2c(-c3cc(Cl)c(F)cc3F)c(C(F)(F)F)cc3c(OC(=O)N4CCNC(C)C4)nc(=O)n(c23)C1. The highest BCUT2D eigenvalue weighted by atomic mass is 35.5. The summed E-state index contributed by atoms with van der Waals surface area (Å²) in [7, 11) is 1.38. The predicted molar refractivity (Wildman–Crippen MR) is 138 cm³/mol. The topological polar surface area (TPSA) is 85.7 Å². The second-order valence-corrected chi connectivity index (χ2v) is 10.9. The minimum Gasteiger partial charge on any atom is -0.390 e. The third-order valence-electron chi connectivity index (χ3n) is 6.71. The minimum absolute atomic E-state index is 0.0520. The zero-order chi connectivity index (χ0) is 28.9. The number of nitrogens with zero attached hydrogens (tertiary/aromatic N) is 3. The van der Waals surface area contributed by atoms with E-state index in [9.17, 15) is 27.2 Å². The number of thioether (sulfide) groups is 1. The van der Waals surface area contributed by atoms with Gasteiger partial charge < -0.3 is 19.7 Å². The molecule has 1 N–H and O–H groups in total. The average molecular weight is 605 g/mol. The van der Waals surface area contributed by atoms with Crippen molar-refractivity contribution in [3.05, 3.63) is 50.9 Å². The first-order chi connectivity index (χ1) is 18.9. The largest absolute Gasteiger partial charge is 0.417 e. The van der Waals surface area contributed by atoms with Crippen molar-refractivity contribution in [1.29, 1.82) is 0 Å². The Morgan fingerprint density at radius 2 is 1.95 bits per heavy atom. The number of alkyl halides is 3. The van der Waals surface area contributed by atoms with Gasteiger partial charge in [-0.05, 0) is 19.1 Å². The van der Waals surface area contributed by atoms with Crippen LogP contribution in [0.1, 0.15) is 12.5 Å². The maximum atomic E-state index is 15.1. The van der Waals surface area contributed by atoms with Gasteiger partial charge >= 0.3 is 18.0 Å². The number of carbonyl (C=O) groups is 1. The van der Waals surface area contributed by atoms with Crippen molar-refractivity contribution in [2.24, 2.45) is 0 Å². The van der Waals surface area contributed by atoms with Gasteiger partial charge in [0, 0.05) is 60.6 Å². The Bertz CT molecular complexity index is 1570. The molecule has 0 spiro atoms. The lowest BCUT2D eigenvalue weighted by molar-refractivity contribution is -0.137. The molecule has 0 radical (unpaired) electrons. The summed E-state index contributed by atoms with van der Waals surface area (Å²) >= 11 is 6.74. The quantitative estimate of drug-likeness (QED) is 0.335. The number of nitrogens with one attached hydrogen (secondary N) is 1. The number of amides is 1. The fourth-order valence-corrected chi connectivity index (χ4v) is 6.27. The lowest BCUT2D eigenvalue weighted by Crippen LogP contribution is -2.52.